The van der Waals surface area contributed by atoms with E-state index in [9.17, 15) is 0 Å². The monoisotopic (exact) mass is 247 g/mol. The van der Waals surface area contributed by atoms with Gasteiger partial charge in [-0.25, -0.2) is 0 Å². The van der Waals surface area contributed by atoms with Crippen LogP contribution < -0.4 is 5.32 Å². The zero-order valence-electron chi connectivity index (χ0n) is 12.9. The number of nitrogens with one attached hydrogen (secondary N) is 1. The first-order chi connectivity index (χ1) is 8.49. The fourth-order valence-corrected chi connectivity index (χ4v) is 2.77. The average Bonchev–Trinajstić information content (AvgIpc) is 2.31. The first-order valence-electron chi connectivity index (χ1n) is 7.29. The molecule has 0 bridgehead atoms. The lowest BCUT2D eigenvalue weighted by molar-refractivity contribution is 0.370. The van der Waals surface area contributed by atoms with Crippen LogP contribution in [0.3, 0.4) is 0 Å². The van der Waals surface area contributed by atoms with Crippen LogP contribution in [0, 0.1) is 26.7 Å². The fourth-order valence-electron chi connectivity index (χ4n) is 2.77. The van der Waals surface area contributed by atoms with Crippen molar-refractivity contribution in [2.75, 3.05) is 6.54 Å². The molecule has 0 saturated heterocycles. The van der Waals surface area contributed by atoms with Crippen molar-refractivity contribution in [1.82, 2.24) is 5.32 Å². The molecule has 1 rings (SSSR count). The van der Waals surface area contributed by atoms with Gasteiger partial charge in [0.1, 0.15) is 0 Å². The number of aryl methyl sites for hydroxylation is 3. The van der Waals surface area contributed by atoms with E-state index >= 15 is 0 Å². The molecule has 0 aliphatic carbocycles. The van der Waals surface area contributed by atoms with Crippen molar-refractivity contribution in [1.29, 1.82) is 0 Å². The fraction of sp³-hybridized carbons (Fsp3) is 0.647. The van der Waals surface area contributed by atoms with Crippen molar-refractivity contribution in [3.05, 3.63) is 34.4 Å². The van der Waals surface area contributed by atoms with Gasteiger partial charge in [-0.15, -0.1) is 0 Å². The van der Waals surface area contributed by atoms with Gasteiger partial charge in [0.25, 0.3) is 0 Å². The van der Waals surface area contributed by atoms with E-state index in [0.717, 1.165) is 18.9 Å². The molecule has 1 nitrogen and oxygen atoms in total. The first kappa shape index (κ1) is 15.2. The van der Waals surface area contributed by atoms with E-state index in [4.69, 9.17) is 0 Å². The quantitative estimate of drug-likeness (QED) is 0.795. The number of benzene rings is 1. The highest BCUT2D eigenvalue weighted by molar-refractivity contribution is 5.38. The predicted octanol–water partition coefficient (Wildman–Crippen LogP) is 4.18. The summed E-state index contributed by atoms with van der Waals surface area (Å²) in [5.41, 5.74) is 5.79. The van der Waals surface area contributed by atoms with E-state index in [0.29, 0.717) is 6.04 Å². The number of likely N-dealkylation sites (N-methyl/N-ethyl adjacent to an activating group) is 1. The molecule has 0 fully saturated rings. The Hall–Kier alpha value is -0.820. The lowest BCUT2D eigenvalue weighted by Crippen LogP contribution is -2.37. The number of hydrogen-bond acceptors (Lipinski definition) is 1. The molecule has 18 heavy (non-hydrogen) atoms. The first-order valence-corrected chi connectivity index (χ1v) is 7.29. The van der Waals surface area contributed by atoms with Crippen molar-refractivity contribution < 1.29 is 0 Å². The van der Waals surface area contributed by atoms with Crippen LogP contribution in [-0.4, -0.2) is 12.6 Å². The molecule has 0 heterocycles. The molecule has 1 aromatic carbocycles. The molecule has 2 unspecified atom stereocenters. The third-order valence-electron chi connectivity index (χ3n) is 4.06. The maximum atomic E-state index is 3.65. The van der Waals surface area contributed by atoms with E-state index in [1.54, 1.807) is 0 Å². The molecule has 0 saturated carbocycles. The van der Waals surface area contributed by atoms with Crippen LogP contribution in [0.5, 0.6) is 0 Å². The van der Waals surface area contributed by atoms with Gasteiger partial charge < -0.3 is 5.32 Å². The van der Waals surface area contributed by atoms with Crippen LogP contribution in [0.15, 0.2) is 12.1 Å². The summed E-state index contributed by atoms with van der Waals surface area (Å²) in [6.07, 6.45) is 2.39. The molecular formula is C17H29N. The van der Waals surface area contributed by atoms with Crippen LogP contribution in [0.2, 0.25) is 0 Å². The Bertz CT molecular complexity index is 358. The zero-order valence-corrected chi connectivity index (χ0v) is 12.9. The standard InChI is InChI=1S/C17H29N/c1-7-13(4)17(18-8-2)11-16-14(5)9-12(3)10-15(16)6/h9-10,13,17-18H,7-8,11H2,1-6H3. The molecule has 1 N–H and O–H groups in total. The van der Waals surface area contributed by atoms with Gasteiger partial charge >= 0.3 is 0 Å². The summed E-state index contributed by atoms with van der Waals surface area (Å²) in [6, 6.07) is 5.21. The molecule has 1 heteroatoms. The molecule has 0 amide bonds. The summed E-state index contributed by atoms with van der Waals surface area (Å²) in [5, 5.41) is 3.65. The largest absolute Gasteiger partial charge is 0.314 e. The van der Waals surface area contributed by atoms with Crippen molar-refractivity contribution in [3.63, 3.8) is 0 Å². The molecule has 0 aliphatic rings. The topological polar surface area (TPSA) is 12.0 Å². The minimum absolute atomic E-state index is 0.597. The average molecular weight is 247 g/mol. The SMILES string of the molecule is CCNC(Cc1c(C)cc(C)cc1C)C(C)CC. The van der Waals surface area contributed by atoms with Crippen molar-refractivity contribution in [2.24, 2.45) is 5.92 Å². The van der Waals surface area contributed by atoms with Gasteiger partial charge in [-0.1, -0.05) is 44.9 Å². The Morgan fingerprint density at radius 1 is 1.06 bits per heavy atom. The maximum Gasteiger partial charge on any atom is 0.0133 e. The summed E-state index contributed by atoms with van der Waals surface area (Å²) in [5.74, 6) is 0.727. The van der Waals surface area contributed by atoms with Crippen molar-refractivity contribution in [3.8, 4) is 0 Å². The van der Waals surface area contributed by atoms with Gasteiger partial charge in [0.15, 0.2) is 0 Å². The minimum atomic E-state index is 0.597. The Balaban J connectivity index is 2.93. The van der Waals surface area contributed by atoms with E-state index in [1.165, 1.54) is 28.7 Å². The van der Waals surface area contributed by atoms with Crippen LogP contribution >= 0.6 is 0 Å². The smallest absolute Gasteiger partial charge is 0.0133 e. The van der Waals surface area contributed by atoms with Gasteiger partial charge in [0.05, 0.1) is 0 Å². The van der Waals surface area contributed by atoms with Crippen LogP contribution in [-0.2, 0) is 6.42 Å². The highest BCUT2D eigenvalue weighted by atomic mass is 14.9. The molecule has 2 atom stereocenters. The van der Waals surface area contributed by atoms with Gasteiger partial charge in [-0.2, -0.15) is 0 Å². The Morgan fingerprint density at radius 3 is 2.06 bits per heavy atom. The summed E-state index contributed by atoms with van der Waals surface area (Å²) >= 11 is 0. The molecule has 0 radical (unpaired) electrons. The molecule has 1 aromatic rings. The van der Waals surface area contributed by atoms with E-state index < -0.39 is 0 Å². The Labute approximate surface area is 113 Å². The Kier molecular flexibility index (Phi) is 5.87. The third-order valence-corrected chi connectivity index (χ3v) is 4.06. The second kappa shape index (κ2) is 6.94. The lowest BCUT2D eigenvalue weighted by atomic mass is 9.88. The van der Waals surface area contributed by atoms with Crippen LogP contribution in [0.25, 0.3) is 0 Å². The van der Waals surface area contributed by atoms with Crippen molar-refractivity contribution in [2.45, 2.75) is 60.4 Å². The van der Waals surface area contributed by atoms with Crippen LogP contribution in [0.4, 0.5) is 0 Å². The van der Waals surface area contributed by atoms with E-state index in [1.807, 2.05) is 0 Å². The van der Waals surface area contributed by atoms with Crippen LogP contribution in [0.1, 0.15) is 49.4 Å². The molecule has 0 spiro atoms. The summed E-state index contributed by atoms with van der Waals surface area (Å²) < 4.78 is 0. The minimum Gasteiger partial charge on any atom is -0.314 e. The predicted molar refractivity (Wildman–Crippen MR) is 81.3 cm³/mol. The summed E-state index contributed by atoms with van der Waals surface area (Å²) in [4.78, 5) is 0. The van der Waals surface area contributed by atoms with Gasteiger partial charge in [0.2, 0.25) is 0 Å². The molecule has 102 valence electrons. The lowest BCUT2D eigenvalue weighted by Gasteiger charge is -2.25. The summed E-state index contributed by atoms with van der Waals surface area (Å²) in [6.45, 7) is 14.6. The molecular weight excluding hydrogens is 218 g/mol. The zero-order chi connectivity index (χ0) is 13.7. The number of hydrogen-bond donors (Lipinski definition) is 1. The Morgan fingerprint density at radius 2 is 1.61 bits per heavy atom. The van der Waals surface area contributed by atoms with Crippen molar-refractivity contribution >= 4 is 0 Å². The maximum absolute atomic E-state index is 3.65. The molecule has 0 aliphatic heterocycles. The van der Waals surface area contributed by atoms with Gasteiger partial charge in [0, 0.05) is 6.04 Å². The third kappa shape index (κ3) is 3.84. The highest BCUT2D eigenvalue weighted by Crippen LogP contribution is 2.21. The normalized spacial score (nSPS) is 14.6. The van der Waals surface area contributed by atoms with Gasteiger partial charge in [-0.3, -0.25) is 0 Å². The number of rotatable bonds is 6. The highest BCUT2D eigenvalue weighted by Gasteiger charge is 2.17. The van der Waals surface area contributed by atoms with E-state index in [-0.39, 0.29) is 0 Å². The second-order valence-electron chi connectivity index (χ2n) is 5.63. The van der Waals surface area contributed by atoms with Gasteiger partial charge in [-0.05, 0) is 56.3 Å². The van der Waals surface area contributed by atoms with E-state index in [2.05, 4.69) is 59.0 Å². The second-order valence-corrected chi connectivity index (χ2v) is 5.63. The molecule has 0 aromatic heterocycles. The summed E-state index contributed by atoms with van der Waals surface area (Å²) in [7, 11) is 0.